The van der Waals surface area contributed by atoms with Gasteiger partial charge in [-0.25, -0.2) is 0 Å². The van der Waals surface area contributed by atoms with Crippen molar-refractivity contribution in [2.45, 2.75) is 13.1 Å². The number of carbonyl (C=O) groups is 2. The van der Waals surface area contributed by atoms with Crippen molar-refractivity contribution in [2.24, 2.45) is 0 Å². The Hall–Kier alpha value is -2.12. The number of hydrogen-bond donors (Lipinski definition) is 3. The van der Waals surface area contributed by atoms with E-state index >= 15 is 0 Å². The first-order chi connectivity index (χ1) is 11.5. The summed E-state index contributed by atoms with van der Waals surface area (Å²) in [4.78, 5) is 25.0. The molecule has 128 valence electrons. The van der Waals surface area contributed by atoms with Crippen LogP contribution < -0.4 is 15.5 Å². The highest BCUT2D eigenvalue weighted by Gasteiger charge is 2.12. The lowest BCUT2D eigenvalue weighted by molar-refractivity contribution is -0.872. The Morgan fingerprint density at radius 1 is 1.08 bits per heavy atom. The second-order valence-electron chi connectivity index (χ2n) is 5.72. The Kier molecular flexibility index (Phi) is 6.57. The molecule has 2 rings (SSSR count). The van der Waals surface area contributed by atoms with E-state index < -0.39 is 5.91 Å². The summed E-state index contributed by atoms with van der Waals surface area (Å²) in [5, 5.41) is 5.35. The molecule has 2 aromatic rings. The van der Waals surface area contributed by atoms with Crippen LogP contribution >= 0.6 is 15.9 Å². The number of carbonyl (C=O) groups excluding carboxylic acids is 2. The molecule has 0 aliphatic heterocycles. The summed E-state index contributed by atoms with van der Waals surface area (Å²) >= 11 is 3.13. The molecule has 0 saturated carbocycles. The maximum Gasteiger partial charge on any atom is 0.287 e. The summed E-state index contributed by atoms with van der Waals surface area (Å²) in [6.07, 6.45) is 0. The molecule has 1 aromatic heterocycles. The molecule has 2 amide bonds. The molecule has 0 aliphatic rings. The van der Waals surface area contributed by atoms with Crippen LogP contribution in [0.5, 0.6) is 0 Å². The summed E-state index contributed by atoms with van der Waals surface area (Å²) in [5.74, 6) is -0.512. The molecule has 24 heavy (non-hydrogen) atoms. The van der Waals surface area contributed by atoms with Crippen molar-refractivity contribution in [3.05, 3.63) is 58.0 Å². The van der Waals surface area contributed by atoms with Gasteiger partial charge in [0.25, 0.3) is 5.91 Å². The predicted molar refractivity (Wildman–Crippen MR) is 93.5 cm³/mol. The van der Waals surface area contributed by atoms with Gasteiger partial charge in [-0.1, -0.05) is 24.3 Å². The first-order valence-electron chi connectivity index (χ1n) is 7.61. The van der Waals surface area contributed by atoms with E-state index in [0.717, 1.165) is 12.1 Å². The minimum Gasteiger partial charge on any atom is -0.444 e. The zero-order valence-corrected chi connectivity index (χ0v) is 15.3. The smallest absolute Gasteiger partial charge is 0.287 e. The minimum absolute atomic E-state index is 0.0990. The van der Waals surface area contributed by atoms with Crippen molar-refractivity contribution >= 4 is 27.7 Å². The van der Waals surface area contributed by atoms with Crippen LogP contribution in [0.1, 0.15) is 21.7 Å². The van der Waals surface area contributed by atoms with E-state index in [1.165, 1.54) is 16.5 Å². The average Bonchev–Trinajstić information content (AvgIpc) is 2.98. The highest BCUT2D eigenvalue weighted by atomic mass is 79.9. The third kappa shape index (κ3) is 5.50. The van der Waals surface area contributed by atoms with Crippen LogP contribution in [0.25, 0.3) is 0 Å². The number of halogens is 1. The highest BCUT2D eigenvalue weighted by Crippen LogP contribution is 2.13. The lowest BCUT2D eigenvalue weighted by Gasteiger charge is -2.13. The van der Waals surface area contributed by atoms with Crippen LogP contribution in [-0.2, 0) is 17.9 Å². The van der Waals surface area contributed by atoms with Crippen molar-refractivity contribution in [3.63, 3.8) is 0 Å². The van der Waals surface area contributed by atoms with Gasteiger partial charge >= 0.3 is 0 Å². The molecular formula is C17H21BrN3O3+. The van der Waals surface area contributed by atoms with Gasteiger partial charge in [-0.05, 0) is 33.6 Å². The fourth-order valence-electron chi connectivity index (χ4n) is 2.22. The number of amides is 2. The van der Waals surface area contributed by atoms with Gasteiger partial charge in [0.15, 0.2) is 10.4 Å². The molecule has 0 spiro atoms. The lowest BCUT2D eigenvalue weighted by Crippen LogP contribution is -3.04. The Bertz CT molecular complexity index is 713. The Morgan fingerprint density at radius 2 is 1.79 bits per heavy atom. The molecule has 6 nitrogen and oxygen atoms in total. The SMILES string of the molecule is C[NH+](C)Cc1ccccc1CNC(=O)CNC(=O)c1ccc(Br)o1. The summed E-state index contributed by atoms with van der Waals surface area (Å²) in [6.45, 7) is 1.22. The molecule has 7 heteroatoms. The van der Waals surface area contributed by atoms with Crippen molar-refractivity contribution in [2.75, 3.05) is 20.6 Å². The Labute approximate surface area is 149 Å². The summed E-state index contributed by atoms with van der Waals surface area (Å²) in [6, 6.07) is 11.2. The average molecular weight is 395 g/mol. The standard InChI is InChI=1S/C17H20BrN3O3/c1-21(2)11-13-6-4-3-5-12(13)9-19-16(22)10-20-17(23)14-7-8-15(18)24-14/h3-8H,9-11H2,1-2H3,(H,19,22)(H,20,23)/p+1. The monoisotopic (exact) mass is 394 g/mol. The number of furan rings is 1. The van der Waals surface area contributed by atoms with E-state index in [0.29, 0.717) is 11.2 Å². The van der Waals surface area contributed by atoms with Gasteiger partial charge in [0.05, 0.1) is 20.6 Å². The van der Waals surface area contributed by atoms with E-state index in [-0.39, 0.29) is 18.2 Å². The van der Waals surface area contributed by atoms with Crippen molar-refractivity contribution in [1.82, 2.24) is 10.6 Å². The van der Waals surface area contributed by atoms with E-state index in [9.17, 15) is 9.59 Å². The van der Waals surface area contributed by atoms with Crippen LogP contribution in [0.15, 0.2) is 45.5 Å². The lowest BCUT2D eigenvalue weighted by atomic mass is 10.1. The van der Waals surface area contributed by atoms with Crippen LogP contribution in [0, 0.1) is 0 Å². The molecule has 0 atom stereocenters. The van der Waals surface area contributed by atoms with Crippen molar-refractivity contribution in [1.29, 1.82) is 0 Å². The maximum atomic E-state index is 11.9. The molecule has 0 bridgehead atoms. The number of benzene rings is 1. The molecule has 1 aromatic carbocycles. The highest BCUT2D eigenvalue weighted by molar-refractivity contribution is 9.10. The van der Waals surface area contributed by atoms with E-state index in [2.05, 4.69) is 46.7 Å². The third-order valence-electron chi connectivity index (χ3n) is 3.34. The van der Waals surface area contributed by atoms with Gasteiger partial charge in [-0.3, -0.25) is 9.59 Å². The van der Waals surface area contributed by atoms with Crippen LogP contribution in [-0.4, -0.2) is 32.5 Å². The van der Waals surface area contributed by atoms with Crippen LogP contribution in [0.2, 0.25) is 0 Å². The zero-order valence-electron chi connectivity index (χ0n) is 13.7. The van der Waals surface area contributed by atoms with Gasteiger partial charge in [-0.15, -0.1) is 0 Å². The molecule has 0 aliphatic carbocycles. The largest absolute Gasteiger partial charge is 0.444 e. The Morgan fingerprint density at radius 3 is 2.42 bits per heavy atom. The summed E-state index contributed by atoms with van der Waals surface area (Å²) < 4.78 is 5.60. The van der Waals surface area contributed by atoms with Crippen molar-refractivity contribution in [3.8, 4) is 0 Å². The summed E-state index contributed by atoms with van der Waals surface area (Å²) in [7, 11) is 4.16. The maximum absolute atomic E-state index is 11.9. The van der Waals surface area contributed by atoms with Crippen LogP contribution in [0.3, 0.4) is 0 Å². The predicted octanol–water partition coefficient (Wildman–Crippen LogP) is 0.733. The van der Waals surface area contributed by atoms with Crippen molar-refractivity contribution < 1.29 is 18.9 Å². The molecular weight excluding hydrogens is 374 g/mol. The van der Waals surface area contributed by atoms with Gasteiger partial charge in [0, 0.05) is 12.1 Å². The molecule has 0 radical (unpaired) electrons. The molecule has 0 unspecified atom stereocenters. The topological polar surface area (TPSA) is 75.8 Å². The van der Waals surface area contributed by atoms with E-state index in [4.69, 9.17) is 4.42 Å². The normalized spacial score (nSPS) is 10.7. The second kappa shape index (κ2) is 8.65. The number of hydrogen-bond acceptors (Lipinski definition) is 3. The first-order valence-corrected chi connectivity index (χ1v) is 8.41. The molecule has 3 N–H and O–H groups in total. The van der Waals surface area contributed by atoms with E-state index in [1.807, 2.05) is 18.2 Å². The molecule has 0 saturated heterocycles. The first kappa shape index (κ1) is 18.2. The Balaban J connectivity index is 1.82. The van der Waals surface area contributed by atoms with Gasteiger partial charge < -0.3 is 20.0 Å². The number of nitrogens with one attached hydrogen (secondary N) is 3. The van der Waals surface area contributed by atoms with E-state index in [1.54, 1.807) is 6.07 Å². The number of rotatable bonds is 7. The van der Waals surface area contributed by atoms with Gasteiger partial charge in [0.2, 0.25) is 5.91 Å². The van der Waals surface area contributed by atoms with Gasteiger partial charge in [-0.2, -0.15) is 0 Å². The van der Waals surface area contributed by atoms with Crippen LogP contribution in [0.4, 0.5) is 0 Å². The fraction of sp³-hybridized carbons (Fsp3) is 0.294. The number of quaternary nitrogens is 1. The quantitative estimate of drug-likeness (QED) is 0.647. The summed E-state index contributed by atoms with van der Waals surface area (Å²) in [5.41, 5.74) is 2.27. The second-order valence-corrected chi connectivity index (χ2v) is 6.50. The zero-order chi connectivity index (χ0) is 17.5. The molecule has 0 fully saturated rings. The minimum atomic E-state index is -0.424. The third-order valence-corrected chi connectivity index (χ3v) is 3.77. The fourth-order valence-corrected chi connectivity index (χ4v) is 2.53. The van der Waals surface area contributed by atoms with Gasteiger partial charge in [0.1, 0.15) is 6.54 Å². The molecule has 1 heterocycles.